The molecule has 3 aliphatic heterocycles. The van der Waals surface area contributed by atoms with Crippen molar-refractivity contribution in [2.45, 2.75) is 44.4 Å². The van der Waals surface area contributed by atoms with Gasteiger partial charge in [-0.3, -0.25) is 14.4 Å². The van der Waals surface area contributed by atoms with Crippen LogP contribution in [0.15, 0.2) is 18.2 Å². The summed E-state index contributed by atoms with van der Waals surface area (Å²) in [6.07, 6.45) is 1.05. The molecule has 0 radical (unpaired) electrons. The molecule has 4 rings (SSSR count). The van der Waals surface area contributed by atoms with Gasteiger partial charge in [0.25, 0.3) is 5.91 Å². The molecule has 0 spiro atoms. The monoisotopic (exact) mass is 359 g/mol. The highest BCUT2D eigenvalue weighted by molar-refractivity contribution is 6.04. The first-order chi connectivity index (χ1) is 12.5. The van der Waals surface area contributed by atoms with Crippen molar-refractivity contribution >= 4 is 17.7 Å². The quantitative estimate of drug-likeness (QED) is 0.748. The van der Waals surface area contributed by atoms with E-state index in [-0.39, 0.29) is 43.2 Å². The molecular weight excluding hydrogens is 338 g/mol. The average molecular weight is 359 g/mol. The molecular formula is C18H21N3O5. The van der Waals surface area contributed by atoms with Crippen LogP contribution in [0.3, 0.4) is 0 Å². The number of piperidine rings is 2. The Morgan fingerprint density at radius 3 is 2.62 bits per heavy atom. The zero-order chi connectivity index (χ0) is 18.3. The van der Waals surface area contributed by atoms with Gasteiger partial charge in [0.2, 0.25) is 11.8 Å². The first-order valence-electron chi connectivity index (χ1n) is 8.89. The van der Waals surface area contributed by atoms with Gasteiger partial charge in [0, 0.05) is 37.9 Å². The number of β-amino-alcohol motifs (C(OH)–C–C–N with tert-alkyl or cyclic N) is 1. The summed E-state index contributed by atoms with van der Waals surface area (Å²) in [7, 11) is 0. The summed E-state index contributed by atoms with van der Waals surface area (Å²) < 4.78 is 5.91. The Hall–Kier alpha value is -2.45. The van der Waals surface area contributed by atoms with Gasteiger partial charge in [0.15, 0.2) is 0 Å². The van der Waals surface area contributed by atoms with Crippen LogP contribution in [0, 0.1) is 0 Å². The SMILES string of the molecule is O=C1c2ccc(O[C@H]3CNC[C@@H](O)C3)cc2CN1N1C(=O)CCCC1=O. The fourth-order valence-corrected chi connectivity index (χ4v) is 3.69. The maximum atomic E-state index is 12.6. The third kappa shape index (κ3) is 3.06. The van der Waals surface area contributed by atoms with E-state index in [0.29, 0.717) is 37.2 Å². The Balaban J connectivity index is 1.51. The maximum absolute atomic E-state index is 12.6. The van der Waals surface area contributed by atoms with Crippen molar-refractivity contribution in [1.29, 1.82) is 0 Å². The number of hydrogen-bond donors (Lipinski definition) is 2. The lowest BCUT2D eigenvalue weighted by molar-refractivity contribution is -0.163. The second kappa shape index (κ2) is 6.69. The zero-order valence-electron chi connectivity index (χ0n) is 14.3. The highest BCUT2D eigenvalue weighted by atomic mass is 16.5. The van der Waals surface area contributed by atoms with Crippen molar-refractivity contribution in [1.82, 2.24) is 15.3 Å². The molecule has 26 heavy (non-hydrogen) atoms. The first-order valence-corrected chi connectivity index (χ1v) is 8.89. The molecule has 3 heterocycles. The van der Waals surface area contributed by atoms with Crippen molar-refractivity contribution in [2.75, 3.05) is 13.1 Å². The van der Waals surface area contributed by atoms with Gasteiger partial charge >= 0.3 is 0 Å². The molecule has 2 fully saturated rings. The van der Waals surface area contributed by atoms with Crippen molar-refractivity contribution in [3.8, 4) is 5.75 Å². The topological polar surface area (TPSA) is 99.2 Å². The predicted octanol–water partition coefficient (Wildman–Crippen LogP) is 0.198. The molecule has 2 N–H and O–H groups in total. The smallest absolute Gasteiger partial charge is 0.273 e. The third-order valence-electron chi connectivity index (χ3n) is 4.95. The van der Waals surface area contributed by atoms with E-state index < -0.39 is 6.10 Å². The molecule has 3 aliphatic rings. The minimum atomic E-state index is -0.434. The molecule has 0 unspecified atom stereocenters. The van der Waals surface area contributed by atoms with E-state index in [9.17, 15) is 19.5 Å². The molecule has 0 saturated carbocycles. The summed E-state index contributed by atoms with van der Waals surface area (Å²) in [4.78, 5) is 36.8. The number of hydrogen-bond acceptors (Lipinski definition) is 6. The van der Waals surface area contributed by atoms with Crippen LogP contribution >= 0.6 is 0 Å². The van der Waals surface area contributed by atoms with Gasteiger partial charge in [0.1, 0.15) is 11.9 Å². The summed E-state index contributed by atoms with van der Waals surface area (Å²) in [5.41, 5.74) is 1.20. The number of hydrazine groups is 1. The zero-order valence-corrected chi connectivity index (χ0v) is 14.3. The second-order valence-corrected chi connectivity index (χ2v) is 6.92. The number of carbonyl (C=O) groups is 3. The van der Waals surface area contributed by atoms with Gasteiger partial charge in [-0.2, -0.15) is 5.01 Å². The Morgan fingerprint density at radius 2 is 1.88 bits per heavy atom. The summed E-state index contributed by atoms with van der Waals surface area (Å²) in [6, 6.07) is 5.15. The molecule has 2 saturated heterocycles. The van der Waals surface area contributed by atoms with Gasteiger partial charge in [-0.25, -0.2) is 5.01 Å². The minimum absolute atomic E-state index is 0.143. The largest absolute Gasteiger partial charge is 0.489 e. The number of aliphatic hydroxyl groups excluding tert-OH is 1. The standard InChI is InChI=1S/C18H21N3O5/c22-12-7-14(9-19-8-12)26-13-4-5-15-11(6-13)10-20(18(15)25)21-16(23)2-1-3-17(21)24/h4-6,12,14,19,22H,1-3,7-10H2/t12-,14+/m0/s1. The summed E-state index contributed by atoms with van der Waals surface area (Å²) >= 11 is 0. The number of amides is 3. The predicted molar refractivity (Wildman–Crippen MR) is 89.9 cm³/mol. The minimum Gasteiger partial charge on any atom is -0.489 e. The van der Waals surface area contributed by atoms with Crippen molar-refractivity contribution in [3.63, 3.8) is 0 Å². The number of fused-ring (bicyclic) bond motifs is 1. The molecule has 0 aromatic heterocycles. The van der Waals surface area contributed by atoms with Gasteiger partial charge in [-0.05, 0) is 30.2 Å². The molecule has 8 heteroatoms. The van der Waals surface area contributed by atoms with Crippen LogP contribution in [-0.2, 0) is 16.1 Å². The maximum Gasteiger partial charge on any atom is 0.273 e. The summed E-state index contributed by atoms with van der Waals surface area (Å²) in [6.45, 7) is 1.38. The van der Waals surface area contributed by atoms with Crippen LogP contribution in [0.5, 0.6) is 5.75 Å². The number of aliphatic hydroxyl groups is 1. The fraction of sp³-hybridized carbons (Fsp3) is 0.500. The van der Waals surface area contributed by atoms with Crippen LogP contribution in [0.25, 0.3) is 0 Å². The van der Waals surface area contributed by atoms with Crippen molar-refractivity contribution in [2.24, 2.45) is 0 Å². The lowest BCUT2D eigenvalue weighted by Gasteiger charge is -2.32. The Labute approximate surface area is 150 Å². The first kappa shape index (κ1) is 17.0. The van der Waals surface area contributed by atoms with E-state index >= 15 is 0 Å². The van der Waals surface area contributed by atoms with Crippen LogP contribution in [-0.4, -0.2) is 58.1 Å². The number of nitrogens with one attached hydrogen (secondary N) is 1. The van der Waals surface area contributed by atoms with Gasteiger partial charge in [0.05, 0.1) is 12.6 Å². The fourth-order valence-electron chi connectivity index (χ4n) is 3.69. The molecule has 138 valence electrons. The van der Waals surface area contributed by atoms with Crippen LogP contribution in [0.2, 0.25) is 0 Å². The lowest BCUT2D eigenvalue weighted by atomic mass is 10.1. The van der Waals surface area contributed by atoms with E-state index in [1.54, 1.807) is 18.2 Å². The van der Waals surface area contributed by atoms with Crippen molar-refractivity contribution < 1.29 is 24.2 Å². The van der Waals surface area contributed by atoms with Crippen LogP contribution < -0.4 is 10.1 Å². The molecule has 2 atom stereocenters. The summed E-state index contributed by atoms with van der Waals surface area (Å²) in [5.74, 6) is -0.400. The second-order valence-electron chi connectivity index (χ2n) is 6.92. The molecule has 0 bridgehead atoms. The van der Waals surface area contributed by atoms with E-state index in [1.165, 1.54) is 5.01 Å². The van der Waals surface area contributed by atoms with Gasteiger partial charge in [-0.15, -0.1) is 0 Å². The number of carbonyl (C=O) groups excluding carboxylic acids is 3. The number of ether oxygens (including phenoxy) is 1. The molecule has 0 aliphatic carbocycles. The van der Waals surface area contributed by atoms with E-state index in [1.807, 2.05) is 0 Å². The number of benzene rings is 1. The van der Waals surface area contributed by atoms with Gasteiger partial charge < -0.3 is 15.2 Å². The Kier molecular flexibility index (Phi) is 4.37. The molecule has 1 aromatic carbocycles. The van der Waals surface area contributed by atoms with E-state index in [2.05, 4.69) is 5.32 Å². The Bertz CT molecular complexity index is 749. The van der Waals surface area contributed by atoms with Gasteiger partial charge in [-0.1, -0.05) is 0 Å². The lowest BCUT2D eigenvalue weighted by Crippen LogP contribution is -2.51. The summed E-state index contributed by atoms with van der Waals surface area (Å²) in [5, 5.41) is 15.0. The number of rotatable bonds is 3. The highest BCUT2D eigenvalue weighted by Crippen LogP contribution is 2.30. The Morgan fingerprint density at radius 1 is 1.12 bits per heavy atom. The van der Waals surface area contributed by atoms with E-state index in [4.69, 9.17) is 4.74 Å². The number of nitrogens with zero attached hydrogens (tertiary/aromatic N) is 2. The number of imide groups is 1. The van der Waals surface area contributed by atoms with Crippen molar-refractivity contribution in [3.05, 3.63) is 29.3 Å². The van der Waals surface area contributed by atoms with Crippen LogP contribution in [0.4, 0.5) is 0 Å². The third-order valence-corrected chi connectivity index (χ3v) is 4.95. The molecule has 3 amide bonds. The van der Waals surface area contributed by atoms with E-state index in [0.717, 1.165) is 10.6 Å². The molecule has 1 aromatic rings. The average Bonchev–Trinajstić information content (AvgIpc) is 2.91. The highest BCUT2D eigenvalue weighted by Gasteiger charge is 2.39. The molecule has 8 nitrogen and oxygen atoms in total. The van der Waals surface area contributed by atoms with Crippen LogP contribution in [0.1, 0.15) is 41.6 Å². The normalized spacial score (nSPS) is 26.3.